The van der Waals surface area contributed by atoms with Crippen molar-refractivity contribution >= 4 is 11.7 Å². The fourth-order valence-corrected chi connectivity index (χ4v) is 3.56. The number of benzene rings is 1. The Labute approximate surface area is 119 Å². The van der Waals surface area contributed by atoms with Gasteiger partial charge in [-0.2, -0.15) is 0 Å². The van der Waals surface area contributed by atoms with Gasteiger partial charge in [-0.1, -0.05) is 37.5 Å². The van der Waals surface area contributed by atoms with Crippen molar-refractivity contribution in [1.29, 1.82) is 0 Å². The van der Waals surface area contributed by atoms with Gasteiger partial charge in [0.05, 0.1) is 5.92 Å². The van der Waals surface area contributed by atoms with Gasteiger partial charge in [-0.05, 0) is 30.9 Å². The van der Waals surface area contributed by atoms with Crippen molar-refractivity contribution in [3.8, 4) is 0 Å². The number of Topliss-reactive ketones (excluding diaryl/α,β-unsaturated/α-hetero) is 1. The minimum atomic E-state index is -0.277. The standard InChI is InChI=1S/C17H21NO2/c1-11-6-5-9-13-15(19)10-14(16(11)13)17(20)18-12-7-3-2-4-8-12/h5-6,9,12,14H,2-4,7-8,10H2,1H3,(H,18,20). The van der Waals surface area contributed by atoms with E-state index < -0.39 is 0 Å². The smallest absolute Gasteiger partial charge is 0.228 e. The SMILES string of the molecule is Cc1cccc2c1C(C(=O)NC1CCCCC1)CC2=O. The molecule has 3 heteroatoms. The van der Waals surface area contributed by atoms with Crippen LogP contribution in [0.15, 0.2) is 18.2 Å². The monoisotopic (exact) mass is 271 g/mol. The summed E-state index contributed by atoms with van der Waals surface area (Å²) in [5, 5.41) is 3.16. The van der Waals surface area contributed by atoms with Gasteiger partial charge in [0.25, 0.3) is 0 Å². The van der Waals surface area contributed by atoms with Crippen LogP contribution >= 0.6 is 0 Å². The average Bonchev–Trinajstić information content (AvgIpc) is 2.79. The lowest BCUT2D eigenvalue weighted by atomic mass is 9.92. The summed E-state index contributed by atoms with van der Waals surface area (Å²) in [5.41, 5.74) is 2.75. The van der Waals surface area contributed by atoms with Crippen LogP contribution in [0.1, 0.15) is 65.9 Å². The summed E-state index contributed by atoms with van der Waals surface area (Å²) in [6.07, 6.45) is 6.16. The molecule has 1 fully saturated rings. The third kappa shape index (κ3) is 2.37. The fourth-order valence-electron chi connectivity index (χ4n) is 3.56. The number of nitrogens with one attached hydrogen (secondary N) is 1. The second kappa shape index (κ2) is 5.39. The Bertz CT molecular complexity index is 544. The lowest BCUT2D eigenvalue weighted by molar-refractivity contribution is -0.123. The normalized spacial score (nSPS) is 22.6. The molecule has 1 aromatic rings. The van der Waals surface area contributed by atoms with Crippen molar-refractivity contribution in [3.63, 3.8) is 0 Å². The molecule has 0 aromatic heterocycles. The summed E-state index contributed by atoms with van der Waals surface area (Å²) in [6.45, 7) is 1.98. The topological polar surface area (TPSA) is 46.2 Å². The molecule has 0 radical (unpaired) electrons. The van der Waals surface area contributed by atoms with Crippen molar-refractivity contribution in [2.24, 2.45) is 0 Å². The Morgan fingerprint density at radius 2 is 1.95 bits per heavy atom. The number of hydrogen-bond donors (Lipinski definition) is 1. The zero-order valence-corrected chi connectivity index (χ0v) is 11.9. The quantitative estimate of drug-likeness (QED) is 0.898. The van der Waals surface area contributed by atoms with Gasteiger partial charge in [0.1, 0.15) is 0 Å². The maximum atomic E-state index is 12.5. The first kappa shape index (κ1) is 13.3. The zero-order chi connectivity index (χ0) is 14.1. The molecule has 1 amide bonds. The van der Waals surface area contributed by atoms with Crippen molar-refractivity contribution in [2.75, 3.05) is 0 Å². The van der Waals surface area contributed by atoms with Crippen molar-refractivity contribution in [1.82, 2.24) is 5.32 Å². The third-order valence-electron chi connectivity index (χ3n) is 4.63. The van der Waals surface area contributed by atoms with Gasteiger partial charge in [0, 0.05) is 18.0 Å². The van der Waals surface area contributed by atoms with E-state index in [1.165, 1.54) is 19.3 Å². The Balaban J connectivity index is 1.78. The number of aryl methyl sites for hydroxylation is 1. The number of carbonyl (C=O) groups excluding carboxylic acids is 2. The minimum Gasteiger partial charge on any atom is -0.353 e. The maximum absolute atomic E-state index is 12.5. The predicted octanol–water partition coefficient (Wildman–Crippen LogP) is 3.11. The van der Waals surface area contributed by atoms with Crippen LogP contribution in [-0.4, -0.2) is 17.7 Å². The van der Waals surface area contributed by atoms with E-state index in [9.17, 15) is 9.59 Å². The van der Waals surface area contributed by atoms with Gasteiger partial charge < -0.3 is 5.32 Å². The summed E-state index contributed by atoms with van der Waals surface area (Å²) < 4.78 is 0. The highest BCUT2D eigenvalue weighted by Gasteiger charge is 2.36. The fraction of sp³-hybridized carbons (Fsp3) is 0.529. The van der Waals surface area contributed by atoms with E-state index in [2.05, 4.69) is 5.32 Å². The highest BCUT2D eigenvalue weighted by Crippen LogP contribution is 2.35. The molecule has 0 spiro atoms. The van der Waals surface area contributed by atoms with Crippen molar-refractivity contribution in [3.05, 3.63) is 34.9 Å². The molecule has 1 atom stereocenters. The van der Waals surface area contributed by atoms with Crippen LogP contribution in [0.25, 0.3) is 0 Å². The van der Waals surface area contributed by atoms with Gasteiger partial charge in [-0.15, -0.1) is 0 Å². The van der Waals surface area contributed by atoms with E-state index in [4.69, 9.17) is 0 Å². The first-order valence-corrected chi connectivity index (χ1v) is 7.60. The molecular formula is C17H21NO2. The lowest BCUT2D eigenvalue weighted by Crippen LogP contribution is -2.38. The van der Waals surface area contributed by atoms with Crippen LogP contribution in [0.5, 0.6) is 0 Å². The number of ketones is 1. The summed E-state index contributed by atoms with van der Waals surface area (Å²) in [7, 11) is 0. The first-order chi connectivity index (χ1) is 9.66. The van der Waals surface area contributed by atoms with Gasteiger partial charge >= 0.3 is 0 Å². The van der Waals surface area contributed by atoms with Gasteiger partial charge in [0.2, 0.25) is 5.91 Å². The first-order valence-electron chi connectivity index (χ1n) is 7.60. The molecule has 0 saturated heterocycles. The molecule has 20 heavy (non-hydrogen) atoms. The molecule has 2 aliphatic rings. The molecule has 1 unspecified atom stereocenters. The Kier molecular flexibility index (Phi) is 3.60. The van der Waals surface area contributed by atoms with Crippen LogP contribution in [-0.2, 0) is 4.79 Å². The molecule has 0 aliphatic heterocycles. The molecular weight excluding hydrogens is 250 g/mol. The van der Waals surface area contributed by atoms with Crippen LogP contribution in [0.2, 0.25) is 0 Å². The molecule has 3 nitrogen and oxygen atoms in total. The van der Waals surface area contributed by atoms with E-state index in [1.807, 2.05) is 25.1 Å². The van der Waals surface area contributed by atoms with Gasteiger partial charge in [0.15, 0.2) is 5.78 Å². The highest BCUT2D eigenvalue weighted by atomic mass is 16.2. The lowest BCUT2D eigenvalue weighted by Gasteiger charge is -2.24. The Morgan fingerprint density at radius 3 is 2.70 bits per heavy atom. The number of fused-ring (bicyclic) bond motifs is 1. The molecule has 0 heterocycles. The summed E-state index contributed by atoms with van der Waals surface area (Å²) >= 11 is 0. The van der Waals surface area contributed by atoms with Crippen LogP contribution in [0.4, 0.5) is 0 Å². The number of hydrogen-bond acceptors (Lipinski definition) is 2. The average molecular weight is 271 g/mol. The van der Waals surface area contributed by atoms with E-state index in [0.29, 0.717) is 12.5 Å². The molecule has 2 aliphatic carbocycles. The molecule has 3 rings (SSSR count). The van der Waals surface area contributed by atoms with Gasteiger partial charge in [-0.3, -0.25) is 9.59 Å². The molecule has 1 N–H and O–H groups in total. The largest absolute Gasteiger partial charge is 0.353 e. The predicted molar refractivity (Wildman–Crippen MR) is 77.9 cm³/mol. The van der Waals surface area contributed by atoms with Gasteiger partial charge in [-0.25, -0.2) is 0 Å². The van der Waals surface area contributed by atoms with E-state index in [-0.39, 0.29) is 17.6 Å². The Morgan fingerprint density at radius 1 is 1.20 bits per heavy atom. The second-order valence-electron chi connectivity index (χ2n) is 6.06. The molecule has 0 bridgehead atoms. The number of amides is 1. The third-order valence-corrected chi connectivity index (χ3v) is 4.63. The summed E-state index contributed by atoms with van der Waals surface area (Å²) in [6, 6.07) is 6.03. The van der Waals surface area contributed by atoms with Crippen molar-refractivity contribution < 1.29 is 9.59 Å². The van der Waals surface area contributed by atoms with E-state index in [1.54, 1.807) is 0 Å². The second-order valence-corrected chi connectivity index (χ2v) is 6.06. The molecule has 106 valence electrons. The minimum absolute atomic E-state index is 0.0401. The maximum Gasteiger partial charge on any atom is 0.228 e. The Hall–Kier alpha value is -1.64. The number of rotatable bonds is 2. The summed E-state index contributed by atoms with van der Waals surface area (Å²) in [4.78, 5) is 24.6. The molecule has 1 aromatic carbocycles. The van der Waals surface area contributed by atoms with E-state index >= 15 is 0 Å². The van der Waals surface area contributed by atoms with Crippen LogP contribution in [0, 0.1) is 6.92 Å². The van der Waals surface area contributed by atoms with Crippen LogP contribution < -0.4 is 5.32 Å². The van der Waals surface area contributed by atoms with Crippen molar-refractivity contribution in [2.45, 2.75) is 57.4 Å². The highest BCUT2D eigenvalue weighted by molar-refractivity contribution is 6.07. The van der Waals surface area contributed by atoms with Crippen LogP contribution in [0.3, 0.4) is 0 Å². The molecule has 1 saturated carbocycles. The zero-order valence-electron chi connectivity index (χ0n) is 11.9. The van der Waals surface area contributed by atoms with E-state index in [0.717, 1.165) is 29.5 Å². The number of carbonyl (C=O) groups is 2. The summed E-state index contributed by atoms with van der Waals surface area (Å²) in [5.74, 6) is -0.133.